The fourth-order valence-electron chi connectivity index (χ4n) is 1.84. The molecule has 0 amide bonds. The summed E-state index contributed by atoms with van der Waals surface area (Å²) in [4.78, 5) is 0. The standard InChI is InChI=1S/C12H13FN2O3/c1-6-4-7(13)11(16-2)12(17-3)10(6)8-5-9(14)18-15-8/h4-5H,14H2,1-3H3. The Balaban J connectivity index is 2.73. The molecule has 1 aromatic carbocycles. The van der Waals surface area contributed by atoms with Gasteiger partial charge in [0.25, 0.3) is 0 Å². The van der Waals surface area contributed by atoms with Crippen LogP contribution in [0.15, 0.2) is 16.7 Å². The van der Waals surface area contributed by atoms with Gasteiger partial charge in [0.05, 0.1) is 19.8 Å². The van der Waals surface area contributed by atoms with E-state index < -0.39 is 5.82 Å². The Morgan fingerprint density at radius 1 is 1.22 bits per heavy atom. The molecule has 0 atom stereocenters. The van der Waals surface area contributed by atoms with Gasteiger partial charge < -0.3 is 19.7 Å². The molecular formula is C12H13FN2O3. The summed E-state index contributed by atoms with van der Waals surface area (Å²) in [7, 11) is 2.81. The van der Waals surface area contributed by atoms with Gasteiger partial charge in [-0.1, -0.05) is 5.16 Å². The lowest BCUT2D eigenvalue weighted by Gasteiger charge is -2.14. The third-order valence-corrected chi connectivity index (χ3v) is 2.58. The van der Waals surface area contributed by atoms with Gasteiger partial charge in [-0.2, -0.15) is 0 Å². The Morgan fingerprint density at radius 2 is 1.89 bits per heavy atom. The average Bonchev–Trinajstić information content (AvgIpc) is 2.74. The van der Waals surface area contributed by atoms with E-state index in [1.807, 2.05) is 0 Å². The second-order valence-electron chi connectivity index (χ2n) is 3.73. The second kappa shape index (κ2) is 4.56. The van der Waals surface area contributed by atoms with Crippen LogP contribution in [-0.2, 0) is 0 Å². The van der Waals surface area contributed by atoms with Crippen LogP contribution in [0.3, 0.4) is 0 Å². The number of benzene rings is 1. The molecule has 1 heterocycles. The van der Waals surface area contributed by atoms with Gasteiger partial charge >= 0.3 is 0 Å². The first kappa shape index (κ1) is 12.2. The Morgan fingerprint density at radius 3 is 2.39 bits per heavy atom. The molecule has 0 spiro atoms. The van der Waals surface area contributed by atoms with Crippen LogP contribution in [0.2, 0.25) is 0 Å². The zero-order valence-electron chi connectivity index (χ0n) is 10.3. The van der Waals surface area contributed by atoms with Crippen molar-refractivity contribution < 1.29 is 18.4 Å². The zero-order valence-corrected chi connectivity index (χ0v) is 10.3. The van der Waals surface area contributed by atoms with Crippen LogP contribution in [0.5, 0.6) is 11.5 Å². The van der Waals surface area contributed by atoms with Crippen molar-refractivity contribution in [2.24, 2.45) is 0 Å². The number of hydrogen-bond donors (Lipinski definition) is 1. The van der Waals surface area contributed by atoms with E-state index in [-0.39, 0.29) is 17.4 Å². The lowest BCUT2D eigenvalue weighted by Crippen LogP contribution is -1.98. The van der Waals surface area contributed by atoms with Crippen molar-refractivity contribution in [3.8, 4) is 22.8 Å². The first-order valence-corrected chi connectivity index (χ1v) is 5.22. The summed E-state index contributed by atoms with van der Waals surface area (Å²) in [6, 6.07) is 2.89. The highest BCUT2D eigenvalue weighted by Gasteiger charge is 2.21. The van der Waals surface area contributed by atoms with E-state index >= 15 is 0 Å². The molecule has 0 aliphatic carbocycles. The molecule has 0 fully saturated rings. The summed E-state index contributed by atoms with van der Waals surface area (Å²) in [6.45, 7) is 1.74. The highest BCUT2D eigenvalue weighted by atomic mass is 19.1. The molecular weight excluding hydrogens is 239 g/mol. The number of hydrogen-bond acceptors (Lipinski definition) is 5. The maximum atomic E-state index is 13.7. The molecule has 0 saturated carbocycles. The van der Waals surface area contributed by atoms with E-state index in [1.54, 1.807) is 13.0 Å². The number of nitrogens with two attached hydrogens (primary N) is 1. The third kappa shape index (κ3) is 1.85. The number of ether oxygens (including phenoxy) is 2. The number of aromatic nitrogens is 1. The van der Waals surface area contributed by atoms with Crippen LogP contribution in [0.1, 0.15) is 5.56 Å². The Bertz CT molecular complexity index is 581. The van der Waals surface area contributed by atoms with E-state index in [0.717, 1.165) is 0 Å². The summed E-state index contributed by atoms with van der Waals surface area (Å²) >= 11 is 0. The smallest absolute Gasteiger partial charge is 0.222 e. The van der Waals surface area contributed by atoms with Crippen molar-refractivity contribution in [3.05, 3.63) is 23.5 Å². The van der Waals surface area contributed by atoms with Crippen molar-refractivity contribution in [1.82, 2.24) is 5.16 Å². The minimum absolute atomic E-state index is 0.0275. The number of methoxy groups -OCH3 is 2. The number of nitrogen functional groups attached to an aromatic ring is 1. The number of aryl methyl sites for hydroxylation is 1. The van der Waals surface area contributed by atoms with Gasteiger partial charge in [-0.05, 0) is 18.6 Å². The van der Waals surface area contributed by atoms with Crippen LogP contribution < -0.4 is 15.2 Å². The van der Waals surface area contributed by atoms with E-state index in [9.17, 15) is 4.39 Å². The van der Waals surface area contributed by atoms with Crippen molar-refractivity contribution in [3.63, 3.8) is 0 Å². The summed E-state index contributed by atoms with van der Waals surface area (Å²) < 4.78 is 28.7. The fourth-order valence-corrected chi connectivity index (χ4v) is 1.84. The van der Waals surface area contributed by atoms with Gasteiger partial charge in [0.2, 0.25) is 5.88 Å². The molecule has 1 aromatic heterocycles. The quantitative estimate of drug-likeness (QED) is 0.908. The molecule has 5 nitrogen and oxygen atoms in total. The molecule has 2 N–H and O–H groups in total. The first-order valence-electron chi connectivity index (χ1n) is 5.22. The minimum Gasteiger partial charge on any atom is -0.492 e. The van der Waals surface area contributed by atoms with E-state index in [4.69, 9.17) is 19.7 Å². The summed E-state index contributed by atoms with van der Waals surface area (Å²) in [6.07, 6.45) is 0. The fraction of sp³-hybridized carbons (Fsp3) is 0.250. The van der Waals surface area contributed by atoms with E-state index in [1.165, 1.54) is 20.3 Å². The van der Waals surface area contributed by atoms with Crippen LogP contribution in [0, 0.1) is 12.7 Å². The lowest BCUT2D eigenvalue weighted by molar-refractivity contribution is 0.338. The lowest BCUT2D eigenvalue weighted by atomic mass is 10.0. The number of halogens is 1. The van der Waals surface area contributed by atoms with Gasteiger partial charge in [0, 0.05) is 6.07 Å². The number of nitrogens with zero attached hydrogens (tertiary/aromatic N) is 1. The molecule has 0 saturated heterocycles. The monoisotopic (exact) mass is 252 g/mol. The van der Waals surface area contributed by atoms with Crippen LogP contribution >= 0.6 is 0 Å². The average molecular weight is 252 g/mol. The van der Waals surface area contributed by atoms with Gasteiger partial charge in [0.1, 0.15) is 5.69 Å². The Hall–Kier alpha value is -2.24. The zero-order chi connectivity index (χ0) is 13.3. The van der Waals surface area contributed by atoms with Crippen molar-refractivity contribution in [2.75, 3.05) is 20.0 Å². The maximum absolute atomic E-state index is 13.7. The number of rotatable bonds is 3. The maximum Gasteiger partial charge on any atom is 0.222 e. The van der Waals surface area contributed by atoms with Crippen LogP contribution in [-0.4, -0.2) is 19.4 Å². The van der Waals surface area contributed by atoms with Gasteiger partial charge in [-0.15, -0.1) is 0 Å². The van der Waals surface area contributed by atoms with E-state index in [0.29, 0.717) is 16.8 Å². The molecule has 0 unspecified atom stereocenters. The van der Waals surface area contributed by atoms with Gasteiger partial charge in [-0.25, -0.2) is 4.39 Å². The molecule has 0 radical (unpaired) electrons. The molecule has 2 rings (SSSR count). The first-order chi connectivity index (χ1) is 8.58. The summed E-state index contributed by atoms with van der Waals surface area (Å²) in [5.41, 5.74) is 7.20. The largest absolute Gasteiger partial charge is 0.492 e. The molecule has 0 bridgehead atoms. The highest BCUT2D eigenvalue weighted by molar-refractivity contribution is 5.75. The normalized spacial score (nSPS) is 10.4. The van der Waals surface area contributed by atoms with Crippen LogP contribution in [0.25, 0.3) is 11.3 Å². The van der Waals surface area contributed by atoms with Crippen molar-refractivity contribution in [1.29, 1.82) is 0 Å². The molecule has 2 aromatic rings. The molecule has 96 valence electrons. The predicted octanol–water partition coefficient (Wildman–Crippen LogP) is 2.39. The van der Waals surface area contributed by atoms with Crippen molar-refractivity contribution >= 4 is 5.88 Å². The second-order valence-corrected chi connectivity index (χ2v) is 3.73. The van der Waals surface area contributed by atoms with Gasteiger partial charge in [-0.3, -0.25) is 0 Å². The molecule has 18 heavy (non-hydrogen) atoms. The van der Waals surface area contributed by atoms with Gasteiger partial charge in [0.15, 0.2) is 17.3 Å². The van der Waals surface area contributed by atoms with E-state index in [2.05, 4.69) is 5.16 Å². The Kier molecular flexibility index (Phi) is 3.10. The predicted molar refractivity (Wildman–Crippen MR) is 64.2 cm³/mol. The van der Waals surface area contributed by atoms with Crippen molar-refractivity contribution in [2.45, 2.75) is 6.92 Å². The highest BCUT2D eigenvalue weighted by Crippen LogP contribution is 2.42. The summed E-state index contributed by atoms with van der Waals surface area (Å²) in [5, 5.41) is 3.80. The third-order valence-electron chi connectivity index (χ3n) is 2.58. The minimum atomic E-state index is -0.493. The topological polar surface area (TPSA) is 70.5 Å². The molecule has 6 heteroatoms. The summed E-state index contributed by atoms with van der Waals surface area (Å²) in [5.74, 6) is -0.0233. The Labute approximate surface area is 103 Å². The molecule has 0 aliphatic rings. The van der Waals surface area contributed by atoms with Crippen LogP contribution in [0.4, 0.5) is 10.3 Å². The SMILES string of the molecule is COc1c(F)cc(C)c(-c2cc(N)on2)c1OC. The molecule has 0 aliphatic heterocycles. The number of anilines is 1.